The Kier molecular flexibility index (Phi) is 4.41. The van der Waals surface area contributed by atoms with Crippen molar-refractivity contribution in [3.8, 4) is 5.75 Å². The zero-order valence-electron chi connectivity index (χ0n) is 12.4. The topological polar surface area (TPSA) is 25.4 Å². The number of para-hydroxylation sites is 1. The highest BCUT2D eigenvalue weighted by molar-refractivity contribution is 5.38. The van der Waals surface area contributed by atoms with E-state index in [1.165, 1.54) is 12.1 Å². The Hall–Kier alpha value is -2.24. The molecular formula is C17H16F3N2O. The summed E-state index contributed by atoms with van der Waals surface area (Å²) in [6.07, 6.45) is -1.69. The fourth-order valence-electron chi connectivity index (χ4n) is 2.69. The van der Waals surface area contributed by atoms with Crippen LogP contribution in [0.25, 0.3) is 0 Å². The largest absolute Gasteiger partial charge is 0.490 e. The minimum Gasteiger partial charge on any atom is -0.490 e. The fourth-order valence-corrected chi connectivity index (χ4v) is 2.69. The lowest BCUT2D eigenvalue weighted by molar-refractivity contribution is -0.139. The monoisotopic (exact) mass is 321 g/mol. The SMILES string of the molecule is FC(F)(F)c1ccccc1OC1CCN(c2cc[c]cn2)CC1. The molecule has 1 saturated heterocycles. The molecule has 23 heavy (non-hydrogen) atoms. The van der Waals surface area contributed by atoms with Crippen LogP contribution in [0.4, 0.5) is 19.0 Å². The quantitative estimate of drug-likeness (QED) is 0.856. The Morgan fingerprint density at radius 1 is 1.13 bits per heavy atom. The summed E-state index contributed by atoms with van der Waals surface area (Å²) in [5, 5.41) is 0. The summed E-state index contributed by atoms with van der Waals surface area (Å²) in [7, 11) is 0. The van der Waals surface area contributed by atoms with Gasteiger partial charge in [0.25, 0.3) is 0 Å². The Morgan fingerprint density at radius 2 is 1.87 bits per heavy atom. The lowest BCUT2D eigenvalue weighted by Gasteiger charge is -2.33. The van der Waals surface area contributed by atoms with Crippen molar-refractivity contribution in [2.24, 2.45) is 0 Å². The van der Waals surface area contributed by atoms with Crippen LogP contribution in [-0.4, -0.2) is 24.2 Å². The molecule has 2 heterocycles. The Balaban J connectivity index is 1.64. The van der Waals surface area contributed by atoms with Crippen LogP contribution in [0.1, 0.15) is 18.4 Å². The first-order valence-electron chi connectivity index (χ1n) is 7.44. The van der Waals surface area contributed by atoms with E-state index in [0.717, 1.165) is 11.9 Å². The first kappa shape index (κ1) is 15.6. The number of anilines is 1. The molecule has 3 rings (SSSR count). The zero-order chi connectivity index (χ0) is 16.3. The smallest absolute Gasteiger partial charge is 0.419 e. The van der Waals surface area contributed by atoms with E-state index in [-0.39, 0.29) is 11.9 Å². The van der Waals surface area contributed by atoms with Crippen molar-refractivity contribution in [3.05, 3.63) is 54.2 Å². The summed E-state index contributed by atoms with van der Waals surface area (Å²) in [6, 6.07) is 11.9. The third kappa shape index (κ3) is 3.75. The first-order chi connectivity index (χ1) is 11.0. The predicted octanol–water partition coefficient (Wildman–Crippen LogP) is 3.95. The van der Waals surface area contributed by atoms with Gasteiger partial charge in [0, 0.05) is 38.2 Å². The lowest BCUT2D eigenvalue weighted by atomic mass is 10.1. The van der Waals surface area contributed by atoms with Crippen molar-refractivity contribution >= 4 is 5.82 Å². The van der Waals surface area contributed by atoms with Gasteiger partial charge in [0.15, 0.2) is 0 Å². The van der Waals surface area contributed by atoms with Crippen LogP contribution < -0.4 is 9.64 Å². The van der Waals surface area contributed by atoms with Crippen LogP contribution in [0.3, 0.4) is 0 Å². The number of alkyl halides is 3. The van der Waals surface area contributed by atoms with Gasteiger partial charge in [-0.3, -0.25) is 0 Å². The van der Waals surface area contributed by atoms with Crippen molar-refractivity contribution in [1.82, 2.24) is 4.98 Å². The van der Waals surface area contributed by atoms with Crippen molar-refractivity contribution in [2.45, 2.75) is 25.1 Å². The molecule has 3 nitrogen and oxygen atoms in total. The highest BCUT2D eigenvalue weighted by Gasteiger charge is 2.35. The number of pyridine rings is 1. The summed E-state index contributed by atoms with van der Waals surface area (Å²) in [6.45, 7) is 1.41. The molecule has 1 aromatic heterocycles. The standard InChI is InChI=1S/C17H16F3N2O/c18-17(19,20)14-5-1-2-6-15(14)23-13-8-11-22(12-9-13)16-7-3-4-10-21-16/h1-3,5-7,10,13H,8-9,11-12H2. The average Bonchev–Trinajstić information content (AvgIpc) is 2.56. The Labute approximate surface area is 132 Å². The van der Waals surface area contributed by atoms with Crippen LogP contribution in [0.15, 0.2) is 42.6 Å². The third-order valence-corrected chi connectivity index (χ3v) is 3.85. The van der Waals surface area contributed by atoms with Crippen LogP contribution in [0.5, 0.6) is 5.75 Å². The maximum Gasteiger partial charge on any atom is 0.419 e. The minimum absolute atomic E-state index is 0.0918. The van der Waals surface area contributed by atoms with E-state index in [0.29, 0.717) is 25.9 Å². The molecule has 121 valence electrons. The van der Waals surface area contributed by atoms with E-state index in [2.05, 4.69) is 16.0 Å². The second-order valence-corrected chi connectivity index (χ2v) is 5.41. The molecular weight excluding hydrogens is 305 g/mol. The van der Waals surface area contributed by atoms with Crippen LogP contribution >= 0.6 is 0 Å². The second kappa shape index (κ2) is 6.48. The molecule has 1 aliphatic heterocycles. The summed E-state index contributed by atoms with van der Waals surface area (Å²) >= 11 is 0. The lowest BCUT2D eigenvalue weighted by Crippen LogP contribution is -2.38. The molecule has 0 atom stereocenters. The molecule has 1 radical (unpaired) electrons. The van der Waals surface area contributed by atoms with Gasteiger partial charge in [-0.2, -0.15) is 13.2 Å². The maximum absolute atomic E-state index is 13.0. The van der Waals surface area contributed by atoms with Gasteiger partial charge in [-0.15, -0.1) is 0 Å². The van der Waals surface area contributed by atoms with Gasteiger partial charge in [-0.1, -0.05) is 12.1 Å². The summed E-state index contributed by atoms with van der Waals surface area (Å²) in [4.78, 5) is 6.34. The molecule has 0 bridgehead atoms. The maximum atomic E-state index is 13.0. The number of ether oxygens (including phenoxy) is 1. The molecule has 2 aromatic rings. The van der Waals surface area contributed by atoms with Gasteiger partial charge >= 0.3 is 6.18 Å². The number of halogens is 3. The van der Waals surface area contributed by atoms with E-state index >= 15 is 0 Å². The van der Waals surface area contributed by atoms with Gasteiger partial charge in [0.05, 0.1) is 5.56 Å². The molecule has 0 spiro atoms. The summed E-state index contributed by atoms with van der Waals surface area (Å²) < 4.78 is 44.6. The highest BCUT2D eigenvalue weighted by Crippen LogP contribution is 2.37. The van der Waals surface area contributed by atoms with Gasteiger partial charge in [-0.05, 0) is 24.3 Å². The molecule has 0 saturated carbocycles. The Morgan fingerprint density at radius 3 is 2.52 bits per heavy atom. The summed E-state index contributed by atoms with van der Waals surface area (Å²) in [5.41, 5.74) is -0.720. The molecule has 0 N–H and O–H groups in total. The van der Waals surface area contributed by atoms with Gasteiger partial charge in [-0.25, -0.2) is 4.98 Å². The number of aromatic nitrogens is 1. The van der Waals surface area contributed by atoms with Crippen LogP contribution in [0, 0.1) is 6.07 Å². The highest BCUT2D eigenvalue weighted by atomic mass is 19.4. The molecule has 1 fully saturated rings. The van der Waals surface area contributed by atoms with E-state index in [4.69, 9.17) is 4.74 Å². The average molecular weight is 321 g/mol. The minimum atomic E-state index is -4.40. The number of hydrogen-bond donors (Lipinski definition) is 0. The molecule has 1 aromatic carbocycles. The molecule has 0 unspecified atom stereocenters. The van der Waals surface area contributed by atoms with Crippen molar-refractivity contribution in [3.63, 3.8) is 0 Å². The molecule has 6 heteroatoms. The molecule has 0 aliphatic carbocycles. The summed E-state index contributed by atoms with van der Waals surface area (Å²) in [5.74, 6) is 0.767. The van der Waals surface area contributed by atoms with E-state index in [1.807, 2.05) is 6.07 Å². The van der Waals surface area contributed by atoms with Crippen LogP contribution in [-0.2, 0) is 6.18 Å². The van der Waals surface area contributed by atoms with E-state index < -0.39 is 11.7 Å². The Bertz CT molecular complexity index is 638. The number of benzene rings is 1. The van der Waals surface area contributed by atoms with Gasteiger partial charge < -0.3 is 9.64 Å². The number of rotatable bonds is 3. The molecule has 0 amide bonds. The second-order valence-electron chi connectivity index (χ2n) is 5.41. The van der Waals surface area contributed by atoms with Crippen molar-refractivity contribution < 1.29 is 17.9 Å². The predicted molar refractivity (Wildman–Crippen MR) is 80.4 cm³/mol. The number of piperidine rings is 1. The number of hydrogen-bond acceptors (Lipinski definition) is 3. The van der Waals surface area contributed by atoms with Crippen molar-refractivity contribution in [2.75, 3.05) is 18.0 Å². The van der Waals surface area contributed by atoms with Crippen LogP contribution in [0.2, 0.25) is 0 Å². The molecule has 1 aliphatic rings. The van der Waals surface area contributed by atoms with Gasteiger partial charge in [0.2, 0.25) is 0 Å². The zero-order valence-corrected chi connectivity index (χ0v) is 12.4. The third-order valence-electron chi connectivity index (χ3n) is 3.85. The van der Waals surface area contributed by atoms with Gasteiger partial charge in [0.1, 0.15) is 17.7 Å². The van der Waals surface area contributed by atoms with E-state index in [9.17, 15) is 13.2 Å². The first-order valence-corrected chi connectivity index (χ1v) is 7.44. The normalized spacial score (nSPS) is 16.4. The van der Waals surface area contributed by atoms with Crippen molar-refractivity contribution in [1.29, 1.82) is 0 Å². The number of nitrogens with zero attached hydrogens (tertiary/aromatic N) is 2. The van der Waals surface area contributed by atoms with E-state index in [1.54, 1.807) is 18.3 Å². The fraction of sp³-hybridized carbons (Fsp3) is 0.353.